The van der Waals surface area contributed by atoms with Gasteiger partial charge in [-0.1, -0.05) is 18.6 Å². The first-order chi connectivity index (χ1) is 14.6. The molecule has 0 bridgehead atoms. The molecule has 162 valence electrons. The number of rotatable bonds is 7. The predicted octanol–water partition coefficient (Wildman–Crippen LogP) is 3.27. The molecule has 0 spiro atoms. The third-order valence-electron chi connectivity index (χ3n) is 6.28. The molecule has 0 unspecified atom stereocenters. The van der Waals surface area contributed by atoms with Crippen molar-refractivity contribution in [2.75, 3.05) is 39.3 Å². The van der Waals surface area contributed by atoms with Crippen LogP contribution in [-0.2, 0) is 11.3 Å². The van der Waals surface area contributed by atoms with Crippen LogP contribution in [0.3, 0.4) is 0 Å². The van der Waals surface area contributed by atoms with Crippen LogP contribution in [0.25, 0.3) is 0 Å². The summed E-state index contributed by atoms with van der Waals surface area (Å²) in [5.41, 5.74) is 4.08. The van der Waals surface area contributed by atoms with E-state index >= 15 is 0 Å². The molecule has 6 nitrogen and oxygen atoms in total. The van der Waals surface area contributed by atoms with Gasteiger partial charge < -0.3 is 14.5 Å². The third-order valence-corrected chi connectivity index (χ3v) is 6.28. The van der Waals surface area contributed by atoms with E-state index in [-0.39, 0.29) is 12.0 Å². The number of carbonyl (C=O) groups is 1. The predicted molar refractivity (Wildman–Crippen MR) is 118 cm³/mol. The molecule has 1 aromatic carbocycles. The molecule has 0 saturated carbocycles. The Morgan fingerprint density at radius 3 is 2.57 bits per heavy atom. The molecule has 3 heterocycles. The van der Waals surface area contributed by atoms with Crippen LogP contribution in [-0.4, -0.2) is 70.9 Å². The summed E-state index contributed by atoms with van der Waals surface area (Å²) in [5.74, 6) is 0.106. The molecule has 2 fully saturated rings. The zero-order valence-electron chi connectivity index (χ0n) is 18.3. The van der Waals surface area contributed by atoms with Crippen molar-refractivity contribution in [3.8, 4) is 0 Å². The number of nitrogens with zero attached hydrogens (tertiary/aromatic N) is 4. The van der Waals surface area contributed by atoms with E-state index in [1.54, 1.807) is 0 Å². The van der Waals surface area contributed by atoms with E-state index < -0.39 is 0 Å². The van der Waals surface area contributed by atoms with E-state index in [2.05, 4.69) is 23.0 Å². The van der Waals surface area contributed by atoms with Gasteiger partial charge in [-0.3, -0.25) is 9.48 Å². The number of piperidine rings is 1. The molecule has 1 aromatic heterocycles. The minimum Gasteiger partial charge on any atom is -0.375 e. The Hall–Kier alpha value is -2.18. The Morgan fingerprint density at radius 1 is 1.10 bits per heavy atom. The second kappa shape index (κ2) is 9.75. The number of ether oxygens (including phenoxy) is 1. The monoisotopic (exact) mass is 410 g/mol. The van der Waals surface area contributed by atoms with Gasteiger partial charge in [0.05, 0.1) is 24.9 Å². The highest BCUT2D eigenvalue weighted by atomic mass is 16.5. The normalized spacial score (nSPS) is 20.1. The topological polar surface area (TPSA) is 50.6 Å². The average Bonchev–Trinajstić information content (AvgIpc) is 3.35. The fraction of sp³-hybridized carbons (Fsp3) is 0.583. The van der Waals surface area contributed by atoms with E-state index in [4.69, 9.17) is 4.74 Å². The number of aryl methyl sites for hydroxylation is 2. The maximum Gasteiger partial charge on any atom is 0.253 e. The molecule has 0 aliphatic carbocycles. The number of aromatic nitrogens is 2. The van der Waals surface area contributed by atoms with Gasteiger partial charge in [-0.05, 0) is 70.0 Å². The van der Waals surface area contributed by atoms with Crippen LogP contribution in [0.15, 0.2) is 30.3 Å². The zero-order valence-corrected chi connectivity index (χ0v) is 18.3. The van der Waals surface area contributed by atoms with E-state index in [0.717, 1.165) is 55.2 Å². The quantitative estimate of drug-likeness (QED) is 0.703. The molecule has 2 aliphatic rings. The highest BCUT2D eigenvalue weighted by Gasteiger charge is 2.27. The second-order valence-electron chi connectivity index (χ2n) is 8.72. The van der Waals surface area contributed by atoms with Gasteiger partial charge in [-0.2, -0.15) is 5.10 Å². The van der Waals surface area contributed by atoms with Crippen LogP contribution in [0.4, 0.5) is 0 Å². The summed E-state index contributed by atoms with van der Waals surface area (Å²) in [6.45, 7) is 10.5. The van der Waals surface area contributed by atoms with Crippen LogP contribution in [0, 0.1) is 13.8 Å². The Balaban J connectivity index is 1.24. The first-order valence-electron chi connectivity index (χ1n) is 11.3. The summed E-state index contributed by atoms with van der Waals surface area (Å²) >= 11 is 0. The molecule has 2 aromatic rings. The van der Waals surface area contributed by atoms with Crippen LogP contribution in [0.1, 0.15) is 53.0 Å². The van der Waals surface area contributed by atoms with Crippen molar-refractivity contribution in [3.05, 3.63) is 52.8 Å². The lowest BCUT2D eigenvalue weighted by atomic mass is 10.1. The van der Waals surface area contributed by atoms with Gasteiger partial charge in [0.1, 0.15) is 0 Å². The first-order valence-corrected chi connectivity index (χ1v) is 11.3. The summed E-state index contributed by atoms with van der Waals surface area (Å²) in [7, 11) is 0. The summed E-state index contributed by atoms with van der Waals surface area (Å²) < 4.78 is 8.07. The molecule has 1 atom stereocenters. The molecule has 0 N–H and O–H groups in total. The summed E-state index contributed by atoms with van der Waals surface area (Å²) in [4.78, 5) is 17.3. The lowest BCUT2D eigenvalue weighted by molar-refractivity contribution is 0.0379. The van der Waals surface area contributed by atoms with Gasteiger partial charge >= 0.3 is 0 Å². The highest BCUT2D eigenvalue weighted by molar-refractivity contribution is 5.94. The molecule has 30 heavy (non-hydrogen) atoms. The van der Waals surface area contributed by atoms with Crippen molar-refractivity contribution in [2.24, 2.45) is 0 Å². The average molecular weight is 411 g/mol. The Bertz CT molecular complexity index is 839. The van der Waals surface area contributed by atoms with Crippen LogP contribution in [0.5, 0.6) is 0 Å². The third kappa shape index (κ3) is 5.29. The van der Waals surface area contributed by atoms with Crippen molar-refractivity contribution in [2.45, 2.75) is 52.2 Å². The fourth-order valence-corrected chi connectivity index (χ4v) is 4.52. The van der Waals surface area contributed by atoms with E-state index in [1.807, 2.05) is 40.8 Å². The van der Waals surface area contributed by atoms with Gasteiger partial charge in [-0.25, -0.2) is 0 Å². The van der Waals surface area contributed by atoms with E-state index in [0.29, 0.717) is 6.54 Å². The van der Waals surface area contributed by atoms with Crippen molar-refractivity contribution in [1.29, 1.82) is 0 Å². The van der Waals surface area contributed by atoms with Crippen molar-refractivity contribution in [3.63, 3.8) is 0 Å². The second-order valence-corrected chi connectivity index (χ2v) is 8.72. The van der Waals surface area contributed by atoms with Gasteiger partial charge in [0.15, 0.2) is 0 Å². The van der Waals surface area contributed by atoms with Gasteiger partial charge in [0, 0.05) is 30.9 Å². The molecular formula is C24H34N4O2. The number of carbonyl (C=O) groups excluding carboxylic acids is 1. The summed E-state index contributed by atoms with van der Waals surface area (Å²) in [6, 6.07) is 10.0. The SMILES string of the molecule is Cc1cc(C)n(Cc2ccc(C(=O)N3CC[C@H](OCCN4CCCCC4)C3)cc2)n1. The number of amides is 1. The molecule has 6 heteroatoms. The van der Waals surface area contributed by atoms with Gasteiger partial charge in [0.25, 0.3) is 5.91 Å². The molecule has 1 amide bonds. The van der Waals surface area contributed by atoms with E-state index in [1.165, 1.54) is 32.4 Å². The number of likely N-dealkylation sites (tertiary alicyclic amines) is 2. The highest BCUT2D eigenvalue weighted by Crippen LogP contribution is 2.18. The van der Waals surface area contributed by atoms with Crippen molar-refractivity contribution in [1.82, 2.24) is 19.6 Å². The summed E-state index contributed by atoms with van der Waals surface area (Å²) in [5, 5.41) is 4.51. The minimum absolute atomic E-state index is 0.106. The first kappa shape index (κ1) is 21.1. The lowest BCUT2D eigenvalue weighted by Gasteiger charge is -2.26. The smallest absolute Gasteiger partial charge is 0.253 e. The minimum atomic E-state index is 0.106. The fourth-order valence-electron chi connectivity index (χ4n) is 4.52. The van der Waals surface area contributed by atoms with E-state index in [9.17, 15) is 4.79 Å². The Kier molecular flexibility index (Phi) is 6.85. The number of benzene rings is 1. The van der Waals surface area contributed by atoms with Gasteiger partial charge in [-0.15, -0.1) is 0 Å². The maximum atomic E-state index is 12.9. The molecule has 2 aliphatic heterocycles. The lowest BCUT2D eigenvalue weighted by Crippen LogP contribution is -2.34. The van der Waals surface area contributed by atoms with Crippen molar-refractivity contribution >= 4 is 5.91 Å². The van der Waals surface area contributed by atoms with Crippen molar-refractivity contribution < 1.29 is 9.53 Å². The standard InChI is InChI=1S/C24H34N4O2/c1-19-16-20(2)28(25-19)17-21-6-8-22(9-7-21)24(29)27-13-10-23(18-27)30-15-14-26-11-4-3-5-12-26/h6-9,16,23H,3-5,10-15,17-18H2,1-2H3/t23-/m0/s1. The molecule has 2 saturated heterocycles. The molecule has 4 rings (SSSR count). The molecule has 0 radical (unpaired) electrons. The van der Waals surface area contributed by atoms with Gasteiger partial charge in [0.2, 0.25) is 0 Å². The van der Waals surface area contributed by atoms with Crippen LogP contribution < -0.4 is 0 Å². The summed E-state index contributed by atoms with van der Waals surface area (Å²) in [6.07, 6.45) is 5.09. The number of hydrogen-bond donors (Lipinski definition) is 0. The largest absolute Gasteiger partial charge is 0.375 e. The zero-order chi connectivity index (χ0) is 20.9. The van der Waals surface area contributed by atoms with Crippen LogP contribution in [0.2, 0.25) is 0 Å². The number of hydrogen-bond acceptors (Lipinski definition) is 4. The Labute approximate surface area is 179 Å². The van der Waals surface area contributed by atoms with Crippen LogP contribution >= 0.6 is 0 Å². The molecular weight excluding hydrogens is 376 g/mol. The Morgan fingerprint density at radius 2 is 1.87 bits per heavy atom. The maximum absolute atomic E-state index is 12.9.